The molecule has 1 unspecified atom stereocenters. The van der Waals surface area contributed by atoms with Gasteiger partial charge in [-0.25, -0.2) is 8.42 Å². The number of sulfone groups is 1. The minimum absolute atomic E-state index is 0.206. The van der Waals surface area contributed by atoms with Crippen LogP contribution in [0.15, 0.2) is 48.5 Å². The number of rotatable bonds is 4. The van der Waals surface area contributed by atoms with Crippen molar-refractivity contribution in [3.63, 3.8) is 0 Å². The first-order valence-electron chi connectivity index (χ1n) is 6.41. The zero-order valence-corrected chi connectivity index (χ0v) is 12.6. The summed E-state index contributed by atoms with van der Waals surface area (Å²) in [7, 11) is -3.36. The van der Waals surface area contributed by atoms with Crippen molar-refractivity contribution in [1.82, 2.24) is 0 Å². The van der Waals surface area contributed by atoms with Crippen LogP contribution in [0.1, 0.15) is 23.3 Å². The van der Waals surface area contributed by atoms with E-state index in [1.54, 1.807) is 42.5 Å². The highest BCUT2D eigenvalue weighted by Crippen LogP contribution is 2.30. The molecule has 1 atom stereocenters. The average molecular weight is 302 g/mol. The normalized spacial score (nSPS) is 12.7. The molecule has 0 aromatic heterocycles. The highest BCUT2D eigenvalue weighted by Gasteiger charge is 2.25. The van der Waals surface area contributed by atoms with Crippen molar-refractivity contribution < 1.29 is 13.2 Å². The van der Waals surface area contributed by atoms with Gasteiger partial charge in [0, 0.05) is 18.9 Å². The fraction of sp³-hybridized carbons (Fsp3) is 0.188. The van der Waals surface area contributed by atoms with E-state index in [1.807, 2.05) is 6.07 Å². The quantitative estimate of drug-likeness (QED) is 0.944. The Morgan fingerprint density at radius 2 is 1.86 bits per heavy atom. The van der Waals surface area contributed by atoms with Crippen LogP contribution in [0.4, 0.5) is 5.69 Å². The molecule has 2 rings (SSSR count). The fourth-order valence-corrected chi connectivity index (χ4v) is 3.45. The predicted octanol–water partition coefficient (Wildman–Crippen LogP) is 2.58. The van der Waals surface area contributed by atoms with Crippen LogP contribution in [0.5, 0.6) is 0 Å². The molecule has 1 N–H and O–H groups in total. The molecular formula is C16H16NO3S. The molecule has 0 bridgehead atoms. The van der Waals surface area contributed by atoms with E-state index in [2.05, 4.69) is 11.4 Å². The molecule has 1 amide bonds. The van der Waals surface area contributed by atoms with Gasteiger partial charge in [-0.2, -0.15) is 0 Å². The summed E-state index contributed by atoms with van der Waals surface area (Å²) >= 11 is 0. The van der Waals surface area contributed by atoms with Crippen LogP contribution in [0.3, 0.4) is 0 Å². The standard InChI is InChI=1S/C16H16NO3S/c1-12(18)17-15-10-6-9-14(11-15)16(21(2,19)20)13-7-4-3-5-8-13/h3-8,10-11,16H,1-2H3,(H,17,18). The molecule has 0 saturated carbocycles. The molecule has 5 heteroatoms. The number of carbonyl (C=O) groups excluding carboxylic acids is 1. The molecule has 0 aliphatic heterocycles. The van der Waals surface area contributed by atoms with E-state index in [0.717, 1.165) is 0 Å². The Morgan fingerprint density at radius 3 is 2.43 bits per heavy atom. The van der Waals surface area contributed by atoms with E-state index >= 15 is 0 Å². The van der Waals surface area contributed by atoms with Crippen molar-refractivity contribution in [2.75, 3.05) is 11.6 Å². The smallest absolute Gasteiger partial charge is 0.221 e. The van der Waals surface area contributed by atoms with Gasteiger partial charge in [-0.05, 0) is 29.3 Å². The monoisotopic (exact) mass is 302 g/mol. The molecule has 4 nitrogen and oxygen atoms in total. The third-order valence-electron chi connectivity index (χ3n) is 2.96. The number of benzene rings is 2. The van der Waals surface area contributed by atoms with Crippen LogP contribution in [-0.2, 0) is 14.6 Å². The zero-order valence-electron chi connectivity index (χ0n) is 11.8. The summed E-state index contributed by atoms with van der Waals surface area (Å²) in [4.78, 5) is 11.1. The first-order chi connectivity index (χ1) is 9.88. The maximum atomic E-state index is 12.2. The van der Waals surface area contributed by atoms with E-state index in [4.69, 9.17) is 0 Å². The summed E-state index contributed by atoms with van der Waals surface area (Å²) in [5.41, 5.74) is 1.74. The Hall–Kier alpha value is -2.14. The first kappa shape index (κ1) is 15.3. The third-order valence-corrected chi connectivity index (χ3v) is 4.34. The Kier molecular flexibility index (Phi) is 4.43. The van der Waals surface area contributed by atoms with Gasteiger partial charge in [0.1, 0.15) is 5.25 Å². The van der Waals surface area contributed by atoms with Crippen LogP contribution < -0.4 is 5.32 Å². The van der Waals surface area contributed by atoms with Gasteiger partial charge in [-0.3, -0.25) is 4.79 Å². The minimum atomic E-state index is -3.36. The van der Waals surface area contributed by atoms with E-state index in [9.17, 15) is 13.2 Å². The molecule has 0 aliphatic rings. The van der Waals surface area contributed by atoms with Crippen LogP contribution in [0.2, 0.25) is 0 Å². The predicted molar refractivity (Wildman–Crippen MR) is 82.7 cm³/mol. The average Bonchev–Trinajstić information content (AvgIpc) is 2.38. The summed E-state index contributed by atoms with van der Waals surface area (Å²) in [6.07, 6.45) is 1.20. The van der Waals surface area contributed by atoms with Gasteiger partial charge >= 0.3 is 0 Å². The highest BCUT2D eigenvalue weighted by molar-refractivity contribution is 7.91. The summed E-state index contributed by atoms with van der Waals surface area (Å²) in [6.45, 7) is 1.40. The number of amides is 1. The van der Waals surface area contributed by atoms with Gasteiger partial charge in [0.15, 0.2) is 9.84 Å². The third kappa shape index (κ3) is 3.92. The molecular weight excluding hydrogens is 286 g/mol. The summed E-state index contributed by atoms with van der Waals surface area (Å²) < 4.78 is 24.3. The van der Waals surface area contributed by atoms with Crippen molar-refractivity contribution >= 4 is 21.4 Å². The van der Waals surface area contributed by atoms with Crippen molar-refractivity contribution in [1.29, 1.82) is 0 Å². The number of carbonyl (C=O) groups is 1. The molecule has 2 aromatic carbocycles. The van der Waals surface area contributed by atoms with Gasteiger partial charge in [-0.1, -0.05) is 36.4 Å². The SMILES string of the molecule is CC(=O)Nc1cc[c]c(C(c2ccccc2)S(C)(=O)=O)c1. The Bertz CT molecular complexity index is 739. The van der Waals surface area contributed by atoms with Crippen LogP contribution in [0.25, 0.3) is 0 Å². The van der Waals surface area contributed by atoms with Crippen LogP contribution in [-0.4, -0.2) is 20.6 Å². The second kappa shape index (κ2) is 6.10. The van der Waals surface area contributed by atoms with E-state index < -0.39 is 15.1 Å². The largest absolute Gasteiger partial charge is 0.326 e. The zero-order chi connectivity index (χ0) is 15.5. The number of hydrogen-bond donors (Lipinski definition) is 1. The lowest BCUT2D eigenvalue weighted by Gasteiger charge is -2.16. The Labute approximate surface area is 124 Å². The van der Waals surface area contributed by atoms with Crippen molar-refractivity contribution in [2.24, 2.45) is 0 Å². The first-order valence-corrected chi connectivity index (χ1v) is 8.36. The Morgan fingerprint density at radius 1 is 1.19 bits per heavy atom. The highest BCUT2D eigenvalue weighted by atomic mass is 32.2. The topological polar surface area (TPSA) is 63.2 Å². The Balaban J connectivity index is 2.51. The van der Waals surface area contributed by atoms with Gasteiger partial charge in [0.05, 0.1) is 0 Å². The molecule has 0 saturated heterocycles. The maximum Gasteiger partial charge on any atom is 0.221 e. The lowest BCUT2D eigenvalue weighted by atomic mass is 10.0. The van der Waals surface area contributed by atoms with Gasteiger partial charge in [0.2, 0.25) is 5.91 Å². The summed E-state index contributed by atoms with van der Waals surface area (Å²) in [6, 6.07) is 16.8. The number of hydrogen-bond acceptors (Lipinski definition) is 3. The molecule has 0 spiro atoms. The molecule has 0 aliphatic carbocycles. The van der Waals surface area contributed by atoms with Crippen molar-refractivity contribution in [2.45, 2.75) is 12.2 Å². The van der Waals surface area contributed by atoms with E-state index in [-0.39, 0.29) is 5.91 Å². The van der Waals surface area contributed by atoms with Gasteiger partial charge in [-0.15, -0.1) is 0 Å². The second-order valence-electron chi connectivity index (χ2n) is 4.83. The summed E-state index contributed by atoms with van der Waals surface area (Å²) in [5, 5.41) is 1.85. The van der Waals surface area contributed by atoms with E-state index in [1.165, 1.54) is 13.2 Å². The van der Waals surface area contributed by atoms with Crippen molar-refractivity contribution in [3.8, 4) is 0 Å². The molecule has 1 radical (unpaired) electrons. The number of nitrogens with one attached hydrogen (secondary N) is 1. The maximum absolute atomic E-state index is 12.2. The van der Waals surface area contributed by atoms with Crippen LogP contribution >= 0.6 is 0 Å². The molecule has 21 heavy (non-hydrogen) atoms. The molecule has 0 fully saturated rings. The van der Waals surface area contributed by atoms with Crippen LogP contribution in [0, 0.1) is 6.07 Å². The molecule has 0 heterocycles. The number of anilines is 1. The fourth-order valence-electron chi connectivity index (χ4n) is 2.20. The van der Waals surface area contributed by atoms with E-state index in [0.29, 0.717) is 16.8 Å². The molecule has 2 aromatic rings. The molecule has 109 valence electrons. The minimum Gasteiger partial charge on any atom is -0.326 e. The van der Waals surface area contributed by atoms with Gasteiger partial charge in [0.25, 0.3) is 0 Å². The van der Waals surface area contributed by atoms with Gasteiger partial charge < -0.3 is 5.32 Å². The van der Waals surface area contributed by atoms with Crippen molar-refractivity contribution in [3.05, 3.63) is 65.7 Å². The second-order valence-corrected chi connectivity index (χ2v) is 6.96. The summed E-state index contributed by atoms with van der Waals surface area (Å²) in [5.74, 6) is -0.206. The lowest BCUT2D eigenvalue weighted by Crippen LogP contribution is -2.14. The lowest BCUT2D eigenvalue weighted by molar-refractivity contribution is -0.114.